The van der Waals surface area contributed by atoms with Crippen molar-refractivity contribution in [3.8, 4) is 6.07 Å². The molecule has 1 aromatic heterocycles. The summed E-state index contributed by atoms with van der Waals surface area (Å²) in [4.78, 5) is 8.54. The molecule has 0 aliphatic carbocycles. The van der Waals surface area contributed by atoms with Gasteiger partial charge < -0.3 is 0 Å². The largest absolute Gasteiger partial charge is 0.416 e. The number of hydrogen-bond donors (Lipinski definition) is 0. The lowest BCUT2D eigenvalue weighted by molar-refractivity contribution is -0.380. The molecule has 0 unspecified atom stereocenters. The van der Waals surface area contributed by atoms with E-state index in [1.807, 2.05) is 0 Å². The van der Waals surface area contributed by atoms with Crippen LogP contribution >= 0.6 is 11.3 Å². The normalized spacial score (nSPS) is 12.6. The molecular weight excluding hydrogens is 381 g/mol. The molecule has 1 aromatic carbocycles. The van der Waals surface area contributed by atoms with Crippen LogP contribution in [0.1, 0.15) is 10.4 Å². The van der Waals surface area contributed by atoms with Crippen LogP contribution in [0.15, 0.2) is 46.2 Å². The van der Waals surface area contributed by atoms with Crippen LogP contribution in [0.25, 0.3) is 6.08 Å². The first-order chi connectivity index (χ1) is 11.6. The zero-order valence-corrected chi connectivity index (χ0v) is 13.7. The Hall–Kier alpha value is -2.71. The summed E-state index contributed by atoms with van der Waals surface area (Å²) in [7, 11) is -4.51. The van der Waals surface area contributed by atoms with Gasteiger partial charge >= 0.3 is 11.2 Å². The van der Waals surface area contributed by atoms with Crippen molar-refractivity contribution in [2.24, 2.45) is 0 Å². The van der Waals surface area contributed by atoms with E-state index in [-0.39, 0.29) is 9.88 Å². The Morgan fingerprint density at radius 1 is 1.28 bits per heavy atom. The zero-order valence-electron chi connectivity index (χ0n) is 12.0. The second kappa shape index (κ2) is 6.66. The summed E-state index contributed by atoms with van der Waals surface area (Å²) in [6, 6.07) is 6.77. The maximum atomic E-state index is 12.7. The number of hydrogen-bond acceptors (Lipinski definition) is 6. The molecule has 130 valence electrons. The lowest BCUT2D eigenvalue weighted by Gasteiger charge is -2.08. The molecule has 0 N–H and O–H groups in total. The molecule has 1 heterocycles. The van der Waals surface area contributed by atoms with Gasteiger partial charge in [-0.05, 0) is 30.3 Å². The number of nitro groups is 1. The molecule has 0 spiro atoms. The van der Waals surface area contributed by atoms with E-state index in [0.717, 1.165) is 24.3 Å². The maximum absolute atomic E-state index is 12.7. The summed E-state index contributed by atoms with van der Waals surface area (Å²) in [5.74, 6) is 0. The molecule has 11 heteroatoms. The van der Waals surface area contributed by atoms with Gasteiger partial charge in [0.05, 0.1) is 15.4 Å². The van der Waals surface area contributed by atoms with Crippen molar-refractivity contribution in [3.63, 3.8) is 0 Å². The van der Waals surface area contributed by atoms with E-state index < -0.39 is 36.3 Å². The van der Waals surface area contributed by atoms with E-state index in [9.17, 15) is 31.7 Å². The average Bonchev–Trinajstić information content (AvgIpc) is 3.00. The highest BCUT2D eigenvalue weighted by Crippen LogP contribution is 2.32. The van der Waals surface area contributed by atoms with Gasteiger partial charge in [0.15, 0.2) is 4.91 Å². The van der Waals surface area contributed by atoms with Crippen molar-refractivity contribution < 1.29 is 26.5 Å². The second-order valence-electron chi connectivity index (χ2n) is 4.58. The summed E-state index contributed by atoms with van der Waals surface area (Å²) in [5.41, 5.74) is -1.17. The third-order valence-electron chi connectivity index (χ3n) is 2.94. The summed E-state index contributed by atoms with van der Waals surface area (Å²) < 4.78 is 63.0. The van der Waals surface area contributed by atoms with Crippen LogP contribution in [0.2, 0.25) is 0 Å². The Balaban J connectivity index is 2.51. The molecule has 0 atom stereocenters. The number of rotatable bonds is 4. The highest BCUT2D eigenvalue weighted by atomic mass is 32.2. The maximum Gasteiger partial charge on any atom is 0.416 e. The summed E-state index contributed by atoms with van der Waals surface area (Å²) in [6.07, 6.45) is -3.86. The predicted molar refractivity (Wildman–Crippen MR) is 83.2 cm³/mol. The smallest absolute Gasteiger partial charge is 0.258 e. The van der Waals surface area contributed by atoms with Gasteiger partial charge in [-0.1, -0.05) is 17.4 Å². The lowest BCUT2D eigenvalue weighted by atomic mass is 10.2. The molecule has 2 rings (SSSR count). The fourth-order valence-electron chi connectivity index (χ4n) is 1.78. The highest BCUT2D eigenvalue weighted by Gasteiger charge is 2.32. The van der Waals surface area contributed by atoms with Gasteiger partial charge in [0.2, 0.25) is 9.84 Å². The van der Waals surface area contributed by atoms with Gasteiger partial charge in [-0.15, -0.1) is 0 Å². The fourth-order valence-corrected chi connectivity index (χ4v) is 3.82. The average molecular weight is 388 g/mol. The number of allylic oxidation sites excluding steroid dienone is 1. The molecule has 6 nitrogen and oxygen atoms in total. The monoisotopic (exact) mass is 388 g/mol. The fraction of sp³-hybridized carbons (Fsp3) is 0.0714. The third-order valence-corrected chi connectivity index (χ3v) is 5.58. The Labute approximate surface area is 143 Å². The first-order valence-electron chi connectivity index (χ1n) is 6.34. The Morgan fingerprint density at radius 2 is 1.96 bits per heavy atom. The van der Waals surface area contributed by atoms with E-state index >= 15 is 0 Å². The Kier molecular flexibility index (Phi) is 4.96. The Morgan fingerprint density at radius 3 is 2.48 bits per heavy atom. The third kappa shape index (κ3) is 4.04. The molecule has 0 bridgehead atoms. The SMILES string of the molecule is N#C/C(=C/c1ccc([N+](=O)[O-])s1)S(=O)(=O)c1cccc(C(F)(F)F)c1. The quantitative estimate of drug-likeness (QED) is 0.447. The van der Waals surface area contributed by atoms with Crippen LogP contribution in [0.3, 0.4) is 0 Å². The first kappa shape index (κ1) is 18.6. The van der Waals surface area contributed by atoms with Crippen molar-refractivity contribution in [1.29, 1.82) is 5.26 Å². The van der Waals surface area contributed by atoms with E-state index in [0.29, 0.717) is 23.5 Å². The van der Waals surface area contributed by atoms with Gasteiger partial charge in [-0.2, -0.15) is 18.4 Å². The van der Waals surface area contributed by atoms with Crippen molar-refractivity contribution in [3.05, 3.63) is 61.9 Å². The summed E-state index contributed by atoms with van der Waals surface area (Å²) >= 11 is 0.632. The number of nitrogens with zero attached hydrogens (tertiary/aromatic N) is 2. The van der Waals surface area contributed by atoms with Crippen LogP contribution in [-0.2, 0) is 16.0 Å². The van der Waals surface area contributed by atoms with Crippen LogP contribution in [0, 0.1) is 21.4 Å². The predicted octanol–water partition coefficient (Wildman–Crippen LogP) is 4.01. The van der Waals surface area contributed by atoms with Gasteiger partial charge in [0.1, 0.15) is 6.07 Å². The van der Waals surface area contributed by atoms with Gasteiger partial charge in [0, 0.05) is 10.9 Å². The molecule has 0 aliphatic rings. The van der Waals surface area contributed by atoms with Gasteiger partial charge in [-0.3, -0.25) is 10.1 Å². The van der Waals surface area contributed by atoms with E-state index in [1.165, 1.54) is 12.1 Å². The Bertz CT molecular complexity index is 1000. The van der Waals surface area contributed by atoms with Crippen molar-refractivity contribution >= 4 is 32.3 Å². The second-order valence-corrected chi connectivity index (χ2v) is 7.59. The highest BCUT2D eigenvalue weighted by molar-refractivity contribution is 7.95. The minimum atomic E-state index is -4.74. The van der Waals surface area contributed by atoms with Crippen LogP contribution in [0.5, 0.6) is 0 Å². The van der Waals surface area contributed by atoms with E-state index in [2.05, 4.69) is 0 Å². The van der Waals surface area contributed by atoms with Crippen LogP contribution < -0.4 is 0 Å². The summed E-state index contributed by atoms with van der Waals surface area (Å²) in [6.45, 7) is 0. The molecule has 0 saturated heterocycles. The number of sulfone groups is 1. The summed E-state index contributed by atoms with van der Waals surface area (Å²) in [5, 5.41) is 19.4. The van der Waals surface area contributed by atoms with E-state index in [4.69, 9.17) is 5.26 Å². The van der Waals surface area contributed by atoms with Gasteiger partial charge in [-0.25, -0.2) is 8.42 Å². The van der Waals surface area contributed by atoms with E-state index in [1.54, 1.807) is 0 Å². The zero-order chi connectivity index (χ0) is 18.8. The molecule has 0 fully saturated rings. The molecule has 0 amide bonds. The number of nitriles is 1. The lowest BCUT2D eigenvalue weighted by Crippen LogP contribution is -2.08. The van der Waals surface area contributed by atoms with Gasteiger partial charge in [0.25, 0.3) is 0 Å². The van der Waals surface area contributed by atoms with Crippen LogP contribution in [0.4, 0.5) is 18.2 Å². The first-order valence-corrected chi connectivity index (χ1v) is 8.64. The van der Waals surface area contributed by atoms with Crippen molar-refractivity contribution in [2.45, 2.75) is 11.1 Å². The standard InChI is InChI=1S/C14H7F3N2O4S2/c15-14(16,17)9-2-1-3-11(6-9)25(22,23)12(8-18)7-10-4-5-13(24-10)19(20)21/h1-7H/b12-7-. The number of alkyl halides is 3. The molecule has 25 heavy (non-hydrogen) atoms. The minimum absolute atomic E-state index is 0.110. The molecule has 0 aliphatic heterocycles. The number of halogens is 3. The van der Waals surface area contributed by atoms with Crippen LogP contribution in [-0.4, -0.2) is 13.3 Å². The van der Waals surface area contributed by atoms with Crippen molar-refractivity contribution in [1.82, 2.24) is 0 Å². The molecule has 0 saturated carbocycles. The molecule has 0 radical (unpaired) electrons. The number of benzene rings is 1. The van der Waals surface area contributed by atoms with Crippen molar-refractivity contribution in [2.75, 3.05) is 0 Å². The molecular formula is C14H7F3N2O4S2. The molecule has 2 aromatic rings. The number of thiophene rings is 1. The minimum Gasteiger partial charge on any atom is -0.258 e. The topological polar surface area (TPSA) is 101 Å².